The molecular formula is C17H17O4P. The molecule has 5 unspecified atom stereocenters. The van der Waals surface area contributed by atoms with Crippen LogP contribution in [0.25, 0.3) is 0 Å². The Balaban J connectivity index is 1.79. The second kappa shape index (κ2) is 5.73. The number of aliphatic hydroxyl groups excluding tert-OH is 2. The summed E-state index contributed by atoms with van der Waals surface area (Å²) in [6, 6.07) is 18.1. The van der Waals surface area contributed by atoms with E-state index in [4.69, 9.17) is 9.26 Å². The number of fused-ring (bicyclic) bond motifs is 3. The quantitative estimate of drug-likeness (QED) is 0.818. The molecule has 2 aromatic carbocycles. The summed E-state index contributed by atoms with van der Waals surface area (Å²) in [4.78, 5) is 0. The fraction of sp³-hybridized carbons (Fsp3) is 0.294. The standard InChI is InChI=1S/C17H17O4P/c18-10-13-15(19)17-16(20-13)12-8-4-5-9-14(12)22(21-17)11-6-2-1-3-7-11/h1-9,13,15-19H,10H2. The van der Waals surface area contributed by atoms with Crippen LogP contribution in [-0.4, -0.2) is 35.1 Å². The third-order valence-corrected chi connectivity index (χ3v) is 6.26. The SMILES string of the molecule is OCC1OC2c3ccccc3P(c3ccccc3)OC2C1O. The molecule has 0 bridgehead atoms. The van der Waals surface area contributed by atoms with E-state index >= 15 is 0 Å². The normalized spacial score (nSPS) is 33.3. The van der Waals surface area contributed by atoms with Crippen LogP contribution in [0.3, 0.4) is 0 Å². The average Bonchev–Trinajstić information content (AvgIpc) is 2.91. The maximum Gasteiger partial charge on any atom is 0.121 e. The molecule has 2 aromatic rings. The summed E-state index contributed by atoms with van der Waals surface area (Å²) in [5.74, 6) is 0. The van der Waals surface area contributed by atoms with Crippen LogP contribution in [0.2, 0.25) is 0 Å². The van der Waals surface area contributed by atoms with Gasteiger partial charge in [-0.2, -0.15) is 0 Å². The molecule has 0 amide bonds. The van der Waals surface area contributed by atoms with Crippen molar-refractivity contribution in [2.75, 3.05) is 6.61 Å². The molecule has 4 rings (SSSR count). The van der Waals surface area contributed by atoms with Gasteiger partial charge in [-0.05, 0) is 5.56 Å². The lowest BCUT2D eigenvalue weighted by Crippen LogP contribution is -2.38. The lowest BCUT2D eigenvalue weighted by Gasteiger charge is -2.34. The highest BCUT2D eigenvalue weighted by Crippen LogP contribution is 2.50. The fourth-order valence-electron chi connectivity index (χ4n) is 3.11. The van der Waals surface area contributed by atoms with Crippen molar-refractivity contribution in [1.82, 2.24) is 0 Å². The number of hydrogen-bond donors (Lipinski definition) is 2. The highest BCUT2D eigenvalue weighted by atomic mass is 31.1. The minimum absolute atomic E-state index is 0.205. The zero-order chi connectivity index (χ0) is 15.1. The summed E-state index contributed by atoms with van der Waals surface area (Å²) < 4.78 is 12.1. The number of hydrogen-bond acceptors (Lipinski definition) is 4. The third kappa shape index (κ3) is 2.19. The molecule has 2 N–H and O–H groups in total. The lowest BCUT2D eigenvalue weighted by molar-refractivity contribution is -0.0225. The van der Waals surface area contributed by atoms with Crippen LogP contribution in [-0.2, 0) is 9.26 Å². The number of ether oxygens (including phenoxy) is 1. The molecule has 0 aliphatic carbocycles. The largest absolute Gasteiger partial charge is 0.394 e. The molecule has 5 heteroatoms. The molecular weight excluding hydrogens is 299 g/mol. The second-order valence-corrected chi connectivity index (χ2v) is 7.32. The van der Waals surface area contributed by atoms with Gasteiger partial charge in [-0.1, -0.05) is 54.6 Å². The fourth-order valence-corrected chi connectivity index (χ4v) is 5.20. The van der Waals surface area contributed by atoms with Gasteiger partial charge in [-0.3, -0.25) is 0 Å². The minimum Gasteiger partial charge on any atom is -0.394 e. The smallest absolute Gasteiger partial charge is 0.121 e. The molecule has 2 aliphatic rings. The Bertz CT molecular complexity index is 663. The topological polar surface area (TPSA) is 58.9 Å². The van der Waals surface area contributed by atoms with E-state index in [1.165, 1.54) is 0 Å². The highest BCUT2D eigenvalue weighted by Gasteiger charge is 2.50. The van der Waals surface area contributed by atoms with Gasteiger partial charge in [-0.15, -0.1) is 0 Å². The van der Waals surface area contributed by atoms with Crippen LogP contribution in [0.1, 0.15) is 11.7 Å². The van der Waals surface area contributed by atoms with Crippen molar-refractivity contribution < 1.29 is 19.5 Å². The zero-order valence-corrected chi connectivity index (χ0v) is 12.8. The van der Waals surface area contributed by atoms with E-state index in [1.807, 2.05) is 36.4 Å². The molecule has 1 saturated heterocycles. The summed E-state index contributed by atoms with van der Waals surface area (Å²) in [7, 11) is -0.987. The first-order chi connectivity index (χ1) is 10.8. The van der Waals surface area contributed by atoms with Crippen molar-refractivity contribution in [3.05, 3.63) is 60.2 Å². The summed E-state index contributed by atoms with van der Waals surface area (Å²) >= 11 is 0. The van der Waals surface area contributed by atoms with E-state index < -0.39 is 26.5 Å². The Labute approximate surface area is 130 Å². The van der Waals surface area contributed by atoms with E-state index in [0.29, 0.717) is 0 Å². The molecule has 5 atom stereocenters. The molecule has 4 nitrogen and oxygen atoms in total. The van der Waals surface area contributed by atoms with E-state index in [1.54, 1.807) is 0 Å². The highest BCUT2D eigenvalue weighted by molar-refractivity contribution is 7.68. The molecule has 2 aliphatic heterocycles. The predicted molar refractivity (Wildman–Crippen MR) is 84.7 cm³/mol. The summed E-state index contributed by atoms with van der Waals surface area (Å²) in [6.07, 6.45) is -2.14. The Morgan fingerprint density at radius 1 is 1.00 bits per heavy atom. The molecule has 0 saturated carbocycles. The molecule has 2 heterocycles. The van der Waals surface area contributed by atoms with Crippen LogP contribution in [0, 0.1) is 0 Å². The van der Waals surface area contributed by atoms with Gasteiger partial charge in [0.05, 0.1) is 14.8 Å². The summed E-state index contributed by atoms with van der Waals surface area (Å²) in [5, 5.41) is 22.0. The first-order valence-corrected chi connectivity index (χ1v) is 8.61. The Hall–Kier alpha value is -1.29. The van der Waals surface area contributed by atoms with Crippen molar-refractivity contribution in [2.45, 2.75) is 24.4 Å². The number of benzene rings is 2. The van der Waals surface area contributed by atoms with Crippen LogP contribution in [0.15, 0.2) is 54.6 Å². The van der Waals surface area contributed by atoms with Gasteiger partial charge < -0.3 is 19.5 Å². The minimum atomic E-state index is -0.987. The lowest BCUT2D eigenvalue weighted by atomic mass is 10.0. The monoisotopic (exact) mass is 316 g/mol. The number of rotatable bonds is 2. The summed E-state index contributed by atoms with van der Waals surface area (Å²) in [6.45, 7) is -0.205. The molecule has 22 heavy (non-hydrogen) atoms. The third-order valence-electron chi connectivity index (χ3n) is 4.20. The molecule has 0 aromatic heterocycles. The summed E-state index contributed by atoms with van der Waals surface area (Å²) in [5.41, 5.74) is 1.06. The first kappa shape index (κ1) is 14.3. The van der Waals surface area contributed by atoms with Crippen LogP contribution in [0.4, 0.5) is 0 Å². The van der Waals surface area contributed by atoms with Gasteiger partial charge in [0.15, 0.2) is 0 Å². The maximum absolute atomic E-state index is 10.4. The molecule has 0 radical (unpaired) electrons. The van der Waals surface area contributed by atoms with Gasteiger partial charge in [0.25, 0.3) is 0 Å². The van der Waals surface area contributed by atoms with Crippen molar-refractivity contribution >= 4 is 18.8 Å². The molecule has 114 valence electrons. The maximum atomic E-state index is 10.4. The van der Waals surface area contributed by atoms with E-state index in [9.17, 15) is 10.2 Å². The Morgan fingerprint density at radius 3 is 2.50 bits per heavy atom. The van der Waals surface area contributed by atoms with Gasteiger partial charge in [0.2, 0.25) is 0 Å². The van der Waals surface area contributed by atoms with E-state index in [2.05, 4.69) is 18.2 Å². The van der Waals surface area contributed by atoms with Crippen molar-refractivity contribution in [3.63, 3.8) is 0 Å². The van der Waals surface area contributed by atoms with Gasteiger partial charge in [0, 0.05) is 10.6 Å². The zero-order valence-electron chi connectivity index (χ0n) is 11.9. The van der Waals surface area contributed by atoms with Gasteiger partial charge in [0.1, 0.15) is 24.4 Å². The van der Waals surface area contributed by atoms with Gasteiger partial charge in [-0.25, -0.2) is 0 Å². The van der Waals surface area contributed by atoms with Crippen LogP contribution >= 0.6 is 8.15 Å². The van der Waals surface area contributed by atoms with Crippen molar-refractivity contribution in [1.29, 1.82) is 0 Å². The van der Waals surface area contributed by atoms with E-state index in [0.717, 1.165) is 16.2 Å². The molecule has 0 spiro atoms. The van der Waals surface area contributed by atoms with Crippen molar-refractivity contribution in [2.24, 2.45) is 0 Å². The van der Waals surface area contributed by atoms with Crippen LogP contribution in [0.5, 0.6) is 0 Å². The second-order valence-electron chi connectivity index (χ2n) is 5.53. The Morgan fingerprint density at radius 2 is 1.73 bits per heavy atom. The predicted octanol–water partition coefficient (Wildman–Crippen LogP) is 1.23. The number of aliphatic hydroxyl groups is 2. The van der Waals surface area contributed by atoms with E-state index in [-0.39, 0.29) is 12.7 Å². The average molecular weight is 316 g/mol. The first-order valence-electron chi connectivity index (χ1n) is 7.35. The van der Waals surface area contributed by atoms with Gasteiger partial charge >= 0.3 is 0 Å². The van der Waals surface area contributed by atoms with Crippen LogP contribution < -0.4 is 10.6 Å². The van der Waals surface area contributed by atoms with Crippen molar-refractivity contribution in [3.8, 4) is 0 Å². The Kier molecular flexibility index (Phi) is 3.73. The molecule has 1 fully saturated rings.